The van der Waals surface area contributed by atoms with E-state index in [4.69, 9.17) is 9.73 Å². The number of esters is 1. The van der Waals surface area contributed by atoms with Crippen LogP contribution in [0.3, 0.4) is 0 Å². The number of aromatic nitrogens is 1. The molecule has 0 aliphatic heterocycles. The number of rotatable bonds is 8. The average Bonchev–Trinajstić information content (AvgIpc) is 3.15. The summed E-state index contributed by atoms with van der Waals surface area (Å²) in [6, 6.07) is 23.6. The first-order chi connectivity index (χ1) is 17.2. The molecule has 0 spiro atoms. The number of H-pyrrole nitrogens is 1. The first-order valence-corrected chi connectivity index (χ1v) is 12.6. The van der Waals surface area contributed by atoms with Crippen LogP contribution in [-0.2, 0) is 16.1 Å². The van der Waals surface area contributed by atoms with Crippen LogP contribution in [0.5, 0.6) is 5.88 Å². The second-order valence-corrected chi connectivity index (χ2v) is 10.5. The first kappa shape index (κ1) is 25.7. The van der Waals surface area contributed by atoms with Gasteiger partial charge in [0.15, 0.2) is 5.88 Å². The number of benzene rings is 3. The van der Waals surface area contributed by atoms with Gasteiger partial charge in [0, 0.05) is 28.5 Å². The third kappa shape index (κ3) is 6.62. The minimum atomic E-state index is -0.466. The number of carbonyl (C=O) groups excluding carboxylic acids is 1. The molecule has 186 valence electrons. The highest BCUT2D eigenvalue weighted by atomic mass is 79.9. The summed E-state index contributed by atoms with van der Waals surface area (Å²) in [6.07, 6.45) is 0.324. The first-order valence-electron chi connectivity index (χ1n) is 11.9. The van der Waals surface area contributed by atoms with Gasteiger partial charge in [-0.1, -0.05) is 64.5 Å². The van der Waals surface area contributed by atoms with Crippen LogP contribution in [-0.4, -0.2) is 33.9 Å². The van der Waals surface area contributed by atoms with Crippen LogP contribution in [0.1, 0.15) is 43.9 Å². The lowest BCUT2D eigenvalue weighted by Gasteiger charge is -2.19. The van der Waals surface area contributed by atoms with Crippen molar-refractivity contribution in [1.82, 2.24) is 10.3 Å². The average molecular weight is 548 g/mol. The molecular formula is C29H30BrN3O3. The Labute approximate surface area is 219 Å². The van der Waals surface area contributed by atoms with E-state index in [0.717, 1.165) is 32.2 Å². The van der Waals surface area contributed by atoms with Crippen molar-refractivity contribution in [3.63, 3.8) is 0 Å². The van der Waals surface area contributed by atoms with Gasteiger partial charge in [0.05, 0.1) is 28.9 Å². The minimum Gasteiger partial charge on any atom is -0.494 e. The van der Waals surface area contributed by atoms with Gasteiger partial charge >= 0.3 is 5.97 Å². The lowest BCUT2D eigenvalue weighted by atomic mass is 10.0. The van der Waals surface area contributed by atoms with Crippen molar-refractivity contribution in [1.29, 1.82) is 0 Å². The molecular weight excluding hydrogens is 518 g/mol. The van der Waals surface area contributed by atoms with Crippen LogP contribution in [0.2, 0.25) is 0 Å². The maximum atomic E-state index is 11.9. The standard InChI is InChI=1S/C29H30BrN3O3/c1-29(2,3)36-25(34)15-16-31-18-19-9-12-22(13-10-19)32-27(20-7-5-4-6-8-20)26-23-14-11-21(30)17-24(23)33-28(26)35/h4-14,17,31,33,35H,15-16,18H2,1-3H3. The third-order valence-corrected chi connectivity index (χ3v) is 5.95. The number of aromatic amines is 1. The smallest absolute Gasteiger partial charge is 0.307 e. The van der Waals surface area contributed by atoms with E-state index in [1.165, 1.54) is 0 Å². The molecule has 0 saturated heterocycles. The fourth-order valence-corrected chi connectivity index (χ4v) is 4.25. The van der Waals surface area contributed by atoms with Gasteiger partial charge in [-0.2, -0.15) is 0 Å². The maximum Gasteiger partial charge on any atom is 0.307 e. The van der Waals surface area contributed by atoms with Gasteiger partial charge in [-0.25, -0.2) is 4.99 Å². The number of halogens is 1. The van der Waals surface area contributed by atoms with Gasteiger partial charge in [-0.05, 0) is 50.6 Å². The van der Waals surface area contributed by atoms with Crippen molar-refractivity contribution in [2.75, 3.05) is 6.54 Å². The van der Waals surface area contributed by atoms with Crippen LogP contribution >= 0.6 is 15.9 Å². The normalized spacial score (nSPS) is 12.2. The van der Waals surface area contributed by atoms with Crippen LogP contribution in [0.4, 0.5) is 5.69 Å². The molecule has 0 fully saturated rings. The maximum absolute atomic E-state index is 11.9. The van der Waals surface area contributed by atoms with E-state index in [9.17, 15) is 9.90 Å². The summed E-state index contributed by atoms with van der Waals surface area (Å²) in [7, 11) is 0. The number of fused-ring (bicyclic) bond motifs is 1. The van der Waals surface area contributed by atoms with E-state index in [1.807, 2.05) is 93.6 Å². The molecule has 0 bridgehead atoms. The highest BCUT2D eigenvalue weighted by Crippen LogP contribution is 2.33. The van der Waals surface area contributed by atoms with Gasteiger partial charge in [0.1, 0.15) is 5.60 Å². The second-order valence-electron chi connectivity index (χ2n) is 9.54. The Morgan fingerprint density at radius 3 is 2.47 bits per heavy atom. The number of ether oxygens (including phenoxy) is 1. The zero-order valence-corrected chi connectivity index (χ0v) is 22.2. The predicted molar refractivity (Wildman–Crippen MR) is 148 cm³/mol. The van der Waals surface area contributed by atoms with Crippen LogP contribution in [0, 0.1) is 0 Å². The molecule has 6 nitrogen and oxygen atoms in total. The molecule has 4 rings (SSSR count). The highest BCUT2D eigenvalue weighted by Gasteiger charge is 2.19. The quantitative estimate of drug-likeness (QED) is 0.131. The number of nitrogens with zero attached hydrogens (tertiary/aromatic N) is 1. The Hall–Kier alpha value is -3.42. The Balaban J connectivity index is 1.53. The third-order valence-electron chi connectivity index (χ3n) is 5.46. The summed E-state index contributed by atoms with van der Waals surface area (Å²) in [5.41, 5.74) is 4.47. The zero-order valence-electron chi connectivity index (χ0n) is 20.6. The molecule has 3 aromatic carbocycles. The molecule has 0 amide bonds. The van der Waals surface area contributed by atoms with Crippen molar-refractivity contribution in [3.05, 3.63) is 94.0 Å². The van der Waals surface area contributed by atoms with E-state index < -0.39 is 5.60 Å². The number of hydrogen-bond donors (Lipinski definition) is 3. The fourth-order valence-electron chi connectivity index (χ4n) is 3.89. The molecule has 1 heterocycles. The SMILES string of the molecule is CC(C)(C)OC(=O)CCNCc1ccc(N=C(c2ccccc2)c2c(O)[nH]c3cc(Br)ccc23)cc1. The summed E-state index contributed by atoms with van der Waals surface area (Å²) in [6.45, 7) is 6.78. The molecule has 4 aromatic rings. The topological polar surface area (TPSA) is 86.7 Å². The number of carbonyl (C=O) groups is 1. The van der Waals surface area contributed by atoms with Crippen LogP contribution in [0.25, 0.3) is 10.9 Å². The van der Waals surface area contributed by atoms with Gasteiger partial charge in [-0.15, -0.1) is 0 Å². The Bertz CT molecular complexity index is 1370. The van der Waals surface area contributed by atoms with Gasteiger partial charge in [0.2, 0.25) is 0 Å². The van der Waals surface area contributed by atoms with E-state index in [1.54, 1.807) is 0 Å². The Morgan fingerprint density at radius 2 is 1.78 bits per heavy atom. The van der Waals surface area contributed by atoms with Crippen molar-refractivity contribution in [2.45, 2.75) is 39.3 Å². The summed E-state index contributed by atoms with van der Waals surface area (Å²) in [5.74, 6) is -0.127. The molecule has 0 unspecified atom stereocenters. The predicted octanol–water partition coefficient (Wildman–Crippen LogP) is 6.63. The number of aliphatic imine (C=N–C) groups is 1. The van der Waals surface area contributed by atoms with Crippen LogP contribution in [0.15, 0.2) is 82.3 Å². The fraction of sp³-hybridized carbons (Fsp3) is 0.241. The summed E-state index contributed by atoms with van der Waals surface area (Å²) < 4.78 is 6.26. The number of hydrogen-bond acceptors (Lipinski definition) is 5. The molecule has 0 atom stereocenters. The molecule has 0 aliphatic carbocycles. The number of nitrogens with one attached hydrogen (secondary N) is 2. The van der Waals surface area contributed by atoms with Crippen molar-refractivity contribution >= 4 is 44.2 Å². The van der Waals surface area contributed by atoms with Crippen LogP contribution < -0.4 is 5.32 Å². The monoisotopic (exact) mass is 547 g/mol. The molecule has 0 radical (unpaired) electrons. The van der Waals surface area contributed by atoms with E-state index >= 15 is 0 Å². The zero-order chi connectivity index (χ0) is 25.7. The molecule has 0 aliphatic rings. The summed E-state index contributed by atoms with van der Waals surface area (Å²) in [5, 5.41) is 15.0. The van der Waals surface area contributed by atoms with Crippen molar-refractivity contribution in [3.8, 4) is 5.88 Å². The summed E-state index contributed by atoms with van der Waals surface area (Å²) in [4.78, 5) is 19.9. The second kappa shape index (κ2) is 11.1. The Morgan fingerprint density at radius 1 is 1.06 bits per heavy atom. The minimum absolute atomic E-state index is 0.0801. The van der Waals surface area contributed by atoms with E-state index in [0.29, 0.717) is 30.8 Å². The molecule has 1 aromatic heterocycles. The molecule has 36 heavy (non-hydrogen) atoms. The van der Waals surface area contributed by atoms with Gasteiger partial charge in [-0.3, -0.25) is 4.79 Å². The number of aromatic hydroxyl groups is 1. The van der Waals surface area contributed by atoms with Crippen molar-refractivity contribution in [2.24, 2.45) is 4.99 Å². The summed E-state index contributed by atoms with van der Waals surface area (Å²) >= 11 is 3.49. The van der Waals surface area contributed by atoms with E-state index in [2.05, 4.69) is 26.2 Å². The molecule has 3 N–H and O–H groups in total. The Kier molecular flexibility index (Phi) is 7.91. The highest BCUT2D eigenvalue weighted by molar-refractivity contribution is 9.10. The van der Waals surface area contributed by atoms with Gasteiger partial charge < -0.3 is 20.1 Å². The molecule has 7 heteroatoms. The lowest BCUT2D eigenvalue weighted by molar-refractivity contribution is -0.154. The van der Waals surface area contributed by atoms with Crippen molar-refractivity contribution < 1.29 is 14.6 Å². The van der Waals surface area contributed by atoms with Gasteiger partial charge in [0.25, 0.3) is 0 Å². The lowest BCUT2D eigenvalue weighted by Crippen LogP contribution is -2.26. The molecule has 0 saturated carbocycles. The largest absolute Gasteiger partial charge is 0.494 e. The van der Waals surface area contributed by atoms with E-state index in [-0.39, 0.29) is 11.8 Å².